The van der Waals surface area contributed by atoms with E-state index in [9.17, 15) is 4.79 Å². The van der Waals surface area contributed by atoms with Crippen molar-refractivity contribution in [1.82, 2.24) is 0 Å². The maximum Gasteiger partial charge on any atom is 0.414 e. The highest BCUT2D eigenvalue weighted by Crippen LogP contribution is 2.36. The average Bonchev–Trinajstić information content (AvgIpc) is 2.86. The number of hydrogen-bond donors (Lipinski definition) is 0. The molecule has 0 N–H and O–H groups in total. The van der Waals surface area contributed by atoms with E-state index in [1.54, 1.807) is 4.90 Å². The van der Waals surface area contributed by atoms with Crippen molar-refractivity contribution in [3.8, 4) is 5.75 Å². The highest BCUT2D eigenvalue weighted by Gasteiger charge is 2.47. The third-order valence-corrected chi connectivity index (χ3v) is 7.16. The van der Waals surface area contributed by atoms with Gasteiger partial charge in [-0.3, -0.25) is 4.90 Å². The molecular formula is C28H37N2O3+. The minimum atomic E-state index is -0.213. The first kappa shape index (κ1) is 23.4. The summed E-state index contributed by atoms with van der Waals surface area (Å²) >= 11 is 0. The maximum atomic E-state index is 13.3. The lowest BCUT2D eigenvalue weighted by Crippen LogP contribution is -2.65. The van der Waals surface area contributed by atoms with Crippen LogP contribution in [0.25, 0.3) is 0 Å². The molecule has 2 aromatic carbocycles. The third-order valence-electron chi connectivity index (χ3n) is 7.16. The van der Waals surface area contributed by atoms with Gasteiger partial charge in [-0.25, -0.2) is 4.79 Å². The lowest BCUT2D eigenvalue weighted by molar-refractivity contribution is -0.946. The van der Waals surface area contributed by atoms with Gasteiger partial charge in [-0.15, -0.1) is 6.58 Å². The standard InChI is InChI=1S/C28H37N2O3/c1-2-3-10-18-29(25-12-6-4-7-13-25)28(31)33-27-23-30(20-16-24(27)17-21-30)19-11-22-32-26-14-8-5-9-15-26/h2,4-9,12-15,24,27H,1,3,10-11,16-23H2/q+1. The molecule has 3 saturated heterocycles. The number of para-hydroxylation sites is 2. The van der Waals surface area contributed by atoms with Crippen LogP contribution in [0.15, 0.2) is 73.3 Å². The van der Waals surface area contributed by atoms with Gasteiger partial charge >= 0.3 is 6.09 Å². The van der Waals surface area contributed by atoms with Crippen LogP contribution in [0.4, 0.5) is 10.5 Å². The summed E-state index contributed by atoms with van der Waals surface area (Å²) in [6.07, 6.45) is 6.74. The number of anilines is 1. The lowest BCUT2D eigenvalue weighted by atomic mass is 9.83. The van der Waals surface area contributed by atoms with Crippen molar-refractivity contribution < 1.29 is 18.8 Å². The number of amides is 1. The summed E-state index contributed by atoms with van der Waals surface area (Å²) in [7, 11) is 0. The van der Waals surface area contributed by atoms with E-state index >= 15 is 0 Å². The van der Waals surface area contributed by atoms with Gasteiger partial charge in [-0.1, -0.05) is 42.5 Å². The highest BCUT2D eigenvalue weighted by molar-refractivity contribution is 5.87. The van der Waals surface area contributed by atoms with Crippen molar-refractivity contribution >= 4 is 11.8 Å². The molecule has 33 heavy (non-hydrogen) atoms. The van der Waals surface area contributed by atoms with Crippen LogP contribution in [0.1, 0.15) is 32.1 Å². The molecule has 2 bridgehead atoms. The van der Waals surface area contributed by atoms with Crippen LogP contribution in [0.2, 0.25) is 0 Å². The number of quaternary nitrogens is 1. The average molecular weight is 450 g/mol. The van der Waals surface area contributed by atoms with E-state index in [-0.39, 0.29) is 12.2 Å². The SMILES string of the molecule is C=CCCCN(C(=O)OC1C[N+]2(CCCOc3ccccc3)CCC1CC2)c1ccccc1. The van der Waals surface area contributed by atoms with Gasteiger partial charge in [0.25, 0.3) is 0 Å². The first-order chi connectivity index (χ1) is 16.2. The molecule has 5 heteroatoms. The monoisotopic (exact) mass is 449 g/mol. The number of allylic oxidation sites excluding steroid dienone is 1. The Labute approximate surface area is 198 Å². The molecule has 5 rings (SSSR count). The largest absolute Gasteiger partial charge is 0.493 e. The summed E-state index contributed by atoms with van der Waals surface area (Å²) in [6, 6.07) is 19.9. The van der Waals surface area contributed by atoms with Crippen molar-refractivity contribution in [2.45, 2.75) is 38.2 Å². The second kappa shape index (κ2) is 11.4. The number of ether oxygens (including phenoxy) is 2. The lowest BCUT2D eigenvalue weighted by Gasteiger charge is -2.52. The van der Waals surface area contributed by atoms with E-state index in [4.69, 9.17) is 9.47 Å². The Morgan fingerprint density at radius 2 is 1.73 bits per heavy atom. The first-order valence-electron chi connectivity index (χ1n) is 12.4. The van der Waals surface area contributed by atoms with Crippen molar-refractivity contribution in [2.24, 2.45) is 5.92 Å². The Balaban J connectivity index is 1.33. The number of unbranched alkanes of at least 4 members (excludes halogenated alkanes) is 1. The molecule has 0 spiro atoms. The molecule has 3 heterocycles. The molecule has 2 aromatic rings. The van der Waals surface area contributed by atoms with E-state index < -0.39 is 0 Å². The second-order valence-corrected chi connectivity index (χ2v) is 9.39. The number of carbonyl (C=O) groups is 1. The summed E-state index contributed by atoms with van der Waals surface area (Å²) in [5.41, 5.74) is 0.898. The summed E-state index contributed by atoms with van der Waals surface area (Å²) in [6.45, 7) is 9.55. The maximum absolute atomic E-state index is 13.3. The van der Waals surface area contributed by atoms with E-state index in [2.05, 4.69) is 6.58 Å². The molecule has 0 aromatic heterocycles. The van der Waals surface area contributed by atoms with Crippen molar-refractivity contribution in [3.63, 3.8) is 0 Å². The molecule has 1 amide bonds. The normalized spacial score (nSPS) is 23.6. The summed E-state index contributed by atoms with van der Waals surface area (Å²) < 4.78 is 13.1. The van der Waals surface area contributed by atoms with Gasteiger partial charge < -0.3 is 14.0 Å². The second-order valence-electron chi connectivity index (χ2n) is 9.39. The smallest absolute Gasteiger partial charge is 0.414 e. The zero-order valence-electron chi connectivity index (χ0n) is 19.6. The quantitative estimate of drug-likeness (QED) is 0.252. The van der Waals surface area contributed by atoms with Crippen LogP contribution in [-0.2, 0) is 4.74 Å². The molecule has 176 valence electrons. The van der Waals surface area contributed by atoms with Gasteiger partial charge in [0, 0.05) is 37.4 Å². The van der Waals surface area contributed by atoms with Crippen LogP contribution in [0.3, 0.4) is 0 Å². The molecular weight excluding hydrogens is 412 g/mol. The number of fused-ring (bicyclic) bond motifs is 3. The van der Waals surface area contributed by atoms with Gasteiger partial charge in [0.05, 0.1) is 26.2 Å². The van der Waals surface area contributed by atoms with E-state index in [1.165, 1.54) is 13.1 Å². The molecule has 1 unspecified atom stereocenters. The molecule has 3 aliphatic heterocycles. The summed E-state index contributed by atoms with van der Waals surface area (Å²) in [4.78, 5) is 15.0. The van der Waals surface area contributed by atoms with E-state index in [1.807, 2.05) is 66.7 Å². The molecule has 3 aliphatic rings. The number of carbonyl (C=O) groups excluding carboxylic acids is 1. The molecule has 1 atom stereocenters. The zero-order chi connectivity index (χ0) is 22.9. The Kier molecular flexibility index (Phi) is 8.05. The number of hydrogen-bond acceptors (Lipinski definition) is 3. The van der Waals surface area contributed by atoms with Crippen LogP contribution in [0.5, 0.6) is 5.75 Å². The Bertz CT molecular complexity index is 879. The van der Waals surface area contributed by atoms with Crippen molar-refractivity contribution in [2.75, 3.05) is 44.2 Å². The van der Waals surface area contributed by atoms with Crippen molar-refractivity contribution in [1.29, 1.82) is 0 Å². The van der Waals surface area contributed by atoms with Gasteiger partial charge in [-0.2, -0.15) is 0 Å². The fraction of sp³-hybridized carbons (Fsp3) is 0.464. The first-order valence-corrected chi connectivity index (χ1v) is 12.4. The van der Waals surface area contributed by atoms with E-state index in [0.29, 0.717) is 12.5 Å². The highest BCUT2D eigenvalue weighted by atomic mass is 16.6. The number of benzene rings is 2. The minimum Gasteiger partial charge on any atom is -0.493 e. The summed E-state index contributed by atoms with van der Waals surface area (Å²) in [5, 5.41) is 0. The van der Waals surface area contributed by atoms with Gasteiger partial charge in [0.2, 0.25) is 0 Å². The van der Waals surface area contributed by atoms with Crippen LogP contribution >= 0.6 is 0 Å². The van der Waals surface area contributed by atoms with Gasteiger partial charge in [-0.05, 0) is 37.1 Å². The fourth-order valence-corrected chi connectivity index (χ4v) is 5.30. The Hall–Kier alpha value is -2.79. The predicted molar refractivity (Wildman–Crippen MR) is 132 cm³/mol. The van der Waals surface area contributed by atoms with Crippen molar-refractivity contribution in [3.05, 3.63) is 73.3 Å². The molecule has 0 radical (unpaired) electrons. The minimum absolute atomic E-state index is 0.000610. The van der Waals surface area contributed by atoms with E-state index in [0.717, 1.165) is 67.7 Å². The zero-order valence-corrected chi connectivity index (χ0v) is 19.6. The molecule has 5 nitrogen and oxygen atoms in total. The Morgan fingerprint density at radius 1 is 1.03 bits per heavy atom. The molecule has 0 saturated carbocycles. The Morgan fingerprint density at radius 3 is 2.42 bits per heavy atom. The molecule has 0 aliphatic carbocycles. The number of nitrogens with zero attached hydrogens (tertiary/aromatic N) is 2. The fourth-order valence-electron chi connectivity index (χ4n) is 5.30. The van der Waals surface area contributed by atoms with Gasteiger partial charge in [0.1, 0.15) is 12.3 Å². The number of piperidine rings is 3. The van der Waals surface area contributed by atoms with Crippen LogP contribution in [0, 0.1) is 5.92 Å². The van der Waals surface area contributed by atoms with Crippen LogP contribution in [-0.4, -0.2) is 56.0 Å². The molecule has 3 fully saturated rings. The third kappa shape index (κ3) is 6.17. The topological polar surface area (TPSA) is 38.8 Å². The number of rotatable bonds is 11. The predicted octanol–water partition coefficient (Wildman–Crippen LogP) is 5.67. The summed E-state index contributed by atoms with van der Waals surface area (Å²) in [5.74, 6) is 1.42. The van der Waals surface area contributed by atoms with Gasteiger partial charge in [0.15, 0.2) is 6.10 Å². The van der Waals surface area contributed by atoms with Crippen LogP contribution < -0.4 is 9.64 Å².